The van der Waals surface area contributed by atoms with Crippen molar-refractivity contribution in [2.24, 2.45) is 0 Å². The lowest BCUT2D eigenvalue weighted by molar-refractivity contribution is -0.121. The number of amides is 1. The van der Waals surface area contributed by atoms with Crippen molar-refractivity contribution in [2.75, 3.05) is 6.54 Å². The first-order chi connectivity index (χ1) is 14.3. The van der Waals surface area contributed by atoms with Crippen LogP contribution in [0.1, 0.15) is 16.7 Å². The number of benzene rings is 2. The van der Waals surface area contributed by atoms with Gasteiger partial charge in [-0.2, -0.15) is 4.31 Å². The van der Waals surface area contributed by atoms with E-state index in [1.54, 1.807) is 30.6 Å². The maximum Gasteiger partial charge on any atom is 0.243 e. The molecule has 0 aliphatic carbocycles. The van der Waals surface area contributed by atoms with Crippen LogP contribution in [0.4, 0.5) is 4.39 Å². The third-order valence-corrected chi connectivity index (χ3v) is 6.27. The standard InChI is InChI=1S/C22H22FN3O3S/c1-17-4-10-21(11-5-17)30(28,29)26(15-18-6-8-20(23)9-7-18)16-22(27)25-14-19-3-2-12-24-13-19/h2-13H,14-16H2,1H3,(H,25,27). The highest BCUT2D eigenvalue weighted by Crippen LogP contribution is 2.19. The van der Waals surface area contributed by atoms with Crippen LogP contribution in [0.5, 0.6) is 0 Å². The molecule has 0 radical (unpaired) electrons. The van der Waals surface area contributed by atoms with Gasteiger partial charge < -0.3 is 5.32 Å². The Balaban J connectivity index is 1.80. The summed E-state index contributed by atoms with van der Waals surface area (Å²) in [5.74, 6) is -0.863. The van der Waals surface area contributed by atoms with E-state index in [0.717, 1.165) is 15.4 Å². The number of rotatable bonds is 8. The zero-order valence-electron chi connectivity index (χ0n) is 16.5. The van der Waals surface area contributed by atoms with Gasteiger partial charge in [0.25, 0.3) is 0 Å². The molecule has 0 aliphatic rings. The predicted molar refractivity (Wildman–Crippen MR) is 111 cm³/mol. The second-order valence-corrected chi connectivity index (χ2v) is 8.79. The van der Waals surface area contributed by atoms with Crippen molar-refractivity contribution in [3.63, 3.8) is 0 Å². The molecular weight excluding hydrogens is 405 g/mol. The van der Waals surface area contributed by atoms with Crippen LogP contribution in [0, 0.1) is 12.7 Å². The van der Waals surface area contributed by atoms with Gasteiger partial charge in [-0.25, -0.2) is 12.8 Å². The quantitative estimate of drug-likeness (QED) is 0.599. The van der Waals surface area contributed by atoms with E-state index in [9.17, 15) is 17.6 Å². The van der Waals surface area contributed by atoms with Crippen LogP contribution < -0.4 is 5.32 Å². The number of carbonyl (C=O) groups excluding carboxylic acids is 1. The first-order valence-electron chi connectivity index (χ1n) is 9.31. The fourth-order valence-electron chi connectivity index (χ4n) is 2.80. The van der Waals surface area contributed by atoms with Crippen molar-refractivity contribution in [1.82, 2.24) is 14.6 Å². The lowest BCUT2D eigenvalue weighted by Gasteiger charge is -2.22. The Morgan fingerprint density at radius 2 is 1.73 bits per heavy atom. The van der Waals surface area contributed by atoms with Crippen molar-refractivity contribution in [2.45, 2.75) is 24.9 Å². The van der Waals surface area contributed by atoms with E-state index < -0.39 is 21.7 Å². The molecule has 0 spiro atoms. The van der Waals surface area contributed by atoms with E-state index in [4.69, 9.17) is 0 Å². The van der Waals surface area contributed by atoms with Crippen molar-refractivity contribution in [3.05, 3.63) is 95.6 Å². The van der Waals surface area contributed by atoms with Gasteiger partial charge in [-0.3, -0.25) is 9.78 Å². The fourth-order valence-corrected chi connectivity index (χ4v) is 4.18. The maximum absolute atomic E-state index is 13.2. The van der Waals surface area contributed by atoms with Gasteiger partial charge in [0, 0.05) is 25.5 Å². The Hall–Kier alpha value is -3.10. The SMILES string of the molecule is Cc1ccc(S(=O)(=O)N(CC(=O)NCc2cccnc2)Cc2ccc(F)cc2)cc1. The monoisotopic (exact) mass is 427 g/mol. The average molecular weight is 428 g/mol. The van der Waals surface area contributed by atoms with E-state index in [0.29, 0.717) is 5.56 Å². The van der Waals surface area contributed by atoms with Gasteiger partial charge in [-0.15, -0.1) is 0 Å². The van der Waals surface area contributed by atoms with Gasteiger partial charge in [-0.05, 0) is 48.4 Å². The molecule has 3 rings (SSSR count). The van der Waals surface area contributed by atoms with E-state index in [2.05, 4.69) is 10.3 Å². The molecule has 1 heterocycles. The summed E-state index contributed by atoms with van der Waals surface area (Å²) < 4.78 is 40.7. The highest BCUT2D eigenvalue weighted by atomic mass is 32.2. The number of halogens is 1. The van der Waals surface area contributed by atoms with Crippen molar-refractivity contribution < 1.29 is 17.6 Å². The van der Waals surface area contributed by atoms with Crippen molar-refractivity contribution in [3.8, 4) is 0 Å². The predicted octanol–water partition coefficient (Wildman–Crippen LogP) is 3.04. The Kier molecular flexibility index (Phi) is 6.91. The Morgan fingerprint density at radius 3 is 2.37 bits per heavy atom. The lowest BCUT2D eigenvalue weighted by Crippen LogP contribution is -2.40. The summed E-state index contributed by atoms with van der Waals surface area (Å²) >= 11 is 0. The van der Waals surface area contributed by atoms with Gasteiger partial charge in [0.1, 0.15) is 5.82 Å². The molecular formula is C22H22FN3O3S. The molecule has 0 aliphatic heterocycles. The maximum atomic E-state index is 13.2. The highest BCUT2D eigenvalue weighted by molar-refractivity contribution is 7.89. The number of aromatic nitrogens is 1. The Morgan fingerprint density at radius 1 is 1.03 bits per heavy atom. The summed E-state index contributed by atoms with van der Waals surface area (Å²) in [5.41, 5.74) is 2.30. The molecule has 1 N–H and O–H groups in total. The largest absolute Gasteiger partial charge is 0.351 e. The molecule has 2 aromatic carbocycles. The Bertz CT molecular complexity index is 1090. The molecule has 30 heavy (non-hydrogen) atoms. The number of sulfonamides is 1. The summed E-state index contributed by atoms with van der Waals surface area (Å²) in [7, 11) is -3.94. The first kappa shape index (κ1) is 21.6. The van der Waals surface area contributed by atoms with Gasteiger partial charge in [0.15, 0.2) is 0 Å². The van der Waals surface area contributed by atoms with Crippen molar-refractivity contribution >= 4 is 15.9 Å². The molecule has 8 heteroatoms. The van der Waals surface area contributed by atoms with E-state index in [1.165, 1.54) is 36.4 Å². The van der Waals surface area contributed by atoms with Crippen LogP contribution in [-0.2, 0) is 27.9 Å². The zero-order chi connectivity index (χ0) is 21.6. The summed E-state index contributed by atoms with van der Waals surface area (Å²) in [6, 6.07) is 15.5. The molecule has 0 bridgehead atoms. The molecule has 0 unspecified atom stereocenters. The number of aryl methyl sites for hydroxylation is 1. The van der Waals surface area contributed by atoms with Crippen LogP contribution in [-0.4, -0.2) is 30.2 Å². The molecule has 156 valence electrons. The number of nitrogens with one attached hydrogen (secondary N) is 1. The minimum absolute atomic E-state index is 0.0587. The molecule has 0 atom stereocenters. The average Bonchev–Trinajstić information content (AvgIpc) is 2.74. The number of carbonyl (C=O) groups is 1. The molecule has 1 amide bonds. The minimum Gasteiger partial charge on any atom is -0.351 e. The van der Waals surface area contributed by atoms with Crippen LogP contribution in [0.15, 0.2) is 78.0 Å². The molecule has 0 fully saturated rings. The minimum atomic E-state index is -3.94. The van der Waals surface area contributed by atoms with Gasteiger partial charge in [-0.1, -0.05) is 35.9 Å². The molecule has 3 aromatic rings. The van der Waals surface area contributed by atoms with E-state index in [-0.39, 0.29) is 24.5 Å². The fraction of sp³-hybridized carbons (Fsp3) is 0.182. The zero-order valence-corrected chi connectivity index (χ0v) is 17.3. The summed E-state index contributed by atoms with van der Waals surface area (Å²) in [4.78, 5) is 16.6. The smallest absolute Gasteiger partial charge is 0.243 e. The number of pyridine rings is 1. The third kappa shape index (κ3) is 5.71. The molecule has 0 saturated heterocycles. The second-order valence-electron chi connectivity index (χ2n) is 6.85. The molecule has 1 aromatic heterocycles. The molecule has 0 saturated carbocycles. The Labute approximate surface area is 175 Å². The summed E-state index contributed by atoms with van der Waals surface area (Å²) in [6.45, 7) is 1.67. The number of nitrogens with zero attached hydrogens (tertiary/aromatic N) is 2. The van der Waals surface area contributed by atoms with Crippen LogP contribution in [0.25, 0.3) is 0 Å². The third-order valence-electron chi connectivity index (χ3n) is 4.46. The molecule has 6 nitrogen and oxygen atoms in total. The lowest BCUT2D eigenvalue weighted by atomic mass is 10.2. The van der Waals surface area contributed by atoms with Gasteiger partial charge in [0.2, 0.25) is 15.9 Å². The van der Waals surface area contributed by atoms with Crippen molar-refractivity contribution in [1.29, 1.82) is 0 Å². The highest BCUT2D eigenvalue weighted by Gasteiger charge is 2.27. The van der Waals surface area contributed by atoms with E-state index >= 15 is 0 Å². The summed E-state index contributed by atoms with van der Waals surface area (Å²) in [5, 5.41) is 2.71. The summed E-state index contributed by atoms with van der Waals surface area (Å²) in [6.07, 6.45) is 3.25. The second kappa shape index (κ2) is 9.60. The number of hydrogen-bond donors (Lipinski definition) is 1. The van der Waals surface area contributed by atoms with Gasteiger partial charge >= 0.3 is 0 Å². The first-order valence-corrected chi connectivity index (χ1v) is 10.8. The van der Waals surface area contributed by atoms with Crippen LogP contribution >= 0.6 is 0 Å². The van der Waals surface area contributed by atoms with Crippen LogP contribution in [0.2, 0.25) is 0 Å². The topological polar surface area (TPSA) is 79.4 Å². The number of hydrogen-bond acceptors (Lipinski definition) is 4. The van der Waals surface area contributed by atoms with Crippen LogP contribution in [0.3, 0.4) is 0 Å². The van der Waals surface area contributed by atoms with Gasteiger partial charge in [0.05, 0.1) is 11.4 Å². The normalized spacial score (nSPS) is 11.4. The van der Waals surface area contributed by atoms with E-state index in [1.807, 2.05) is 13.0 Å².